The number of halogens is 1. The van der Waals surface area contributed by atoms with E-state index in [0.29, 0.717) is 12.2 Å². The van der Waals surface area contributed by atoms with Crippen LogP contribution in [-0.2, 0) is 7.05 Å². The van der Waals surface area contributed by atoms with E-state index in [1.54, 1.807) is 16.3 Å². The van der Waals surface area contributed by atoms with Gasteiger partial charge in [0.05, 0.1) is 0 Å². The normalized spacial score (nSPS) is 10.2. The molecule has 14 heavy (non-hydrogen) atoms. The molecule has 0 spiro atoms. The average Bonchev–Trinajstić information content (AvgIpc) is 2.45. The van der Waals surface area contributed by atoms with E-state index in [1.807, 2.05) is 25.6 Å². The second kappa shape index (κ2) is 5.46. The second-order valence-corrected chi connectivity index (χ2v) is 4.80. The summed E-state index contributed by atoms with van der Waals surface area (Å²) in [6.07, 6.45) is 3.88. The number of hydrogen-bond donors (Lipinski definition) is 1. The third kappa shape index (κ3) is 3.06. The van der Waals surface area contributed by atoms with Gasteiger partial charge < -0.3 is 9.88 Å². The fraction of sp³-hybridized carbons (Fsp3) is 0.444. The Morgan fingerprint density at radius 3 is 2.93 bits per heavy atom. The first-order valence-electron chi connectivity index (χ1n) is 4.24. The summed E-state index contributed by atoms with van der Waals surface area (Å²) < 4.78 is 2.73. The molecule has 1 N–H and O–H groups in total. The van der Waals surface area contributed by atoms with Crippen molar-refractivity contribution in [1.29, 1.82) is 0 Å². The fourth-order valence-electron chi connectivity index (χ4n) is 1.11. The quantitative estimate of drug-likeness (QED) is 0.853. The Morgan fingerprint density at radius 1 is 1.71 bits per heavy atom. The van der Waals surface area contributed by atoms with Gasteiger partial charge in [-0.3, -0.25) is 4.79 Å². The summed E-state index contributed by atoms with van der Waals surface area (Å²) in [5.74, 6) is 0.921. The maximum atomic E-state index is 11.6. The molecule has 0 aliphatic rings. The molecule has 0 aliphatic carbocycles. The number of amides is 1. The van der Waals surface area contributed by atoms with Crippen molar-refractivity contribution in [3.05, 3.63) is 22.4 Å². The summed E-state index contributed by atoms with van der Waals surface area (Å²) in [7, 11) is 1.86. The molecule has 1 aromatic heterocycles. The topological polar surface area (TPSA) is 34.0 Å². The molecule has 0 aliphatic heterocycles. The minimum Gasteiger partial charge on any atom is -0.350 e. The van der Waals surface area contributed by atoms with Gasteiger partial charge in [-0.05, 0) is 28.3 Å². The molecule has 1 amide bonds. The largest absolute Gasteiger partial charge is 0.350 e. The molecule has 0 bridgehead atoms. The van der Waals surface area contributed by atoms with Crippen LogP contribution in [0.5, 0.6) is 0 Å². The highest BCUT2D eigenvalue weighted by Crippen LogP contribution is 2.13. The van der Waals surface area contributed by atoms with Crippen molar-refractivity contribution < 1.29 is 4.79 Å². The Balaban J connectivity index is 2.56. The molecular weight excluding hydrogens is 264 g/mol. The van der Waals surface area contributed by atoms with Crippen LogP contribution in [0.2, 0.25) is 0 Å². The molecule has 0 radical (unpaired) electrons. The van der Waals surface area contributed by atoms with Crippen LogP contribution >= 0.6 is 27.7 Å². The number of aryl methyl sites for hydroxylation is 1. The number of nitrogens with one attached hydrogen (secondary N) is 1. The Kier molecular flexibility index (Phi) is 4.54. The van der Waals surface area contributed by atoms with E-state index in [2.05, 4.69) is 21.2 Å². The third-order valence-electron chi connectivity index (χ3n) is 1.80. The van der Waals surface area contributed by atoms with Gasteiger partial charge in [0.2, 0.25) is 0 Å². The summed E-state index contributed by atoms with van der Waals surface area (Å²) in [4.78, 5) is 11.6. The SMILES string of the molecule is CSCCNC(=O)c1cc(Br)cn1C. The third-order valence-corrected chi connectivity index (χ3v) is 2.84. The minimum absolute atomic E-state index is 0.0211. The predicted octanol–water partition coefficient (Wildman–Crippen LogP) is 1.88. The molecule has 0 atom stereocenters. The number of carbonyl (C=O) groups excluding carboxylic acids is 1. The van der Waals surface area contributed by atoms with Gasteiger partial charge in [0, 0.05) is 30.0 Å². The first-order valence-corrected chi connectivity index (χ1v) is 6.43. The smallest absolute Gasteiger partial charge is 0.267 e. The van der Waals surface area contributed by atoms with Crippen molar-refractivity contribution in [1.82, 2.24) is 9.88 Å². The zero-order chi connectivity index (χ0) is 10.6. The Bertz CT molecular complexity index is 325. The van der Waals surface area contributed by atoms with Crippen molar-refractivity contribution in [2.75, 3.05) is 18.6 Å². The van der Waals surface area contributed by atoms with Crippen LogP contribution in [0.1, 0.15) is 10.5 Å². The van der Waals surface area contributed by atoms with Gasteiger partial charge in [-0.2, -0.15) is 11.8 Å². The predicted molar refractivity (Wildman–Crippen MR) is 63.8 cm³/mol. The zero-order valence-corrected chi connectivity index (χ0v) is 10.6. The first kappa shape index (κ1) is 11.7. The van der Waals surface area contributed by atoms with Gasteiger partial charge in [-0.25, -0.2) is 0 Å². The van der Waals surface area contributed by atoms with Gasteiger partial charge >= 0.3 is 0 Å². The highest BCUT2D eigenvalue weighted by molar-refractivity contribution is 9.10. The second-order valence-electron chi connectivity index (χ2n) is 2.90. The van der Waals surface area contributed by atoms with Crippen LogP contribution in [0.4, 0.5) is 0 Å². The van der Waals surface area contributed by atoms with Crippen molar-refractivity contribution >= 4 is 33.6 Å². The summed E-state index contributed by atoms with van der Waals surface area (Å²) >= 11 is 5.05. The van der Waals surface area contributed by atoms with E-state index in [4.69, 9.17) is 0 Å². The number of thioether (sulfide) groups is 1. The van der Waals surface area contributed by atoms with Crippen molar-refractivity contribution in [2.24, 2.45) is 7.05 Å². The summed E-state index contributed by atoms with van der Waals surface area (Å²) in [5, 5.41) is 2.85. The van der Waals surface area contributed by atoms with Gasteiger partial charge in [0.15, 0.2) is 0 Å². The summed E-state index contributed by atoms with van der Waals surface area (Å²) in [6, 6.07) is 1.81. The van der Waals surface area contributed by atoms with Crippen LogP contribution in [0.15, 0.2) is 16.7 Å². The molecular formula is C9H13BrN2OS. The lowest BCUT2D eigenvalue weighted by Gasteiger charge is -2.04. The maximum Gasteiger partial charge on any atom is 0.267 e. The standard InChI is InChI=1S/C9H13BrN2OS/c1-12-6-7(10)5-8(12)9(13)11-3-4-14-2/h5-6H,3-4H2,1-2H3,(H,11,13). The first-order chi connectivity index (χ1) is 6.65. The maximum absolute atomic E-state index is 11.6. The van der Waals surface area contributed by atoms with Crippen LogP contribution < -0.4 is 5.32 Å². The average molecular weight is 277 g/mol. The van der Waals surface area contributed by atoms with Crippen LogP contribution in [0, 0.1) is 0 Å². The molecule has 5 heteroatoms. The molecule has 1 rings (SSSR count). The molecule has 3 nitrogen and oxygen atoms in total. The highest BCUT2D eigenvalue weighted by atomic mass is 79.9. The molecule has 78 valence electrons. The van der Waals surface area contributed by atoms with Gasteiger partial charge in [-0.1, -0.05) is 0 Å². The zero-order valence-electron chi connectivity index (χ0n) is 8.21. The molecule has 0 aromatic carbocycles. The molecule has 1 aromatic rings. The van der Waals surface area contributed by atoms with Crippen molar-refractivity contribution in [2.45, 2.75) is 0 Å². The van der Waals surface area contributed by atoms with Crippen molar-refractivity contribution in [3.8, 4) is 0 Å². The minimum atomic E-state index is -0.0211. The Hall–Kier alpha value is -0.420. The van der Waals surface area contributed by atoms with E-state index < -0.39 is 0 Å². The molecule has 1 heterocycles. The lowest BCUT2D eigenvalue weighted by atomic mass is 10.4. The van der Waals surface area contributed by atoms with E-state index in [0.717, 1.165) is 10.2 Å². The number of rotatable bonds is 4. The lowest BCUT2D eigenvalue weighted by Crippen LogP contribution is -2.27. The molecule has 0 fully saturated rings. The number of carbonyl (C=O) groups is 1. The number of nitrogens with zero attached hydrogens (tertiary/aromatic N) is 1. The van der Waals surface area contributed by atoms with Gasteiger partial charge in [0.1, 0.15) is 5.69 Å². The Labute approximate surface area is 96.4 Å². The van der Waals surface area contributed by atoms with Crippen LogP contribution in [-0.4, -0.2) is 29.0 Å². The summed E-state index contributed by atoms with van der Waals surface area (Å²) in [5.41, 5.74) is 0.679. The van der Waals surface area contributed by atoms with E-state index in [1.165, 1.54) is 0 Å². The van der Waals surface area contributed by atoms with E-state index >= 15 is 0 Å². The van der Waals surface area contributed by atoms with Crippen LogP contribution in [0.25, 0.3) is 0 Å². The summed E-state index contributed by atoms with van der Waals surface area (Å²) in [6.45, 7) is 0.711. The lowest BCUT2D eigenvalue weighted by molar-refractivity contribution is 0.0948. The highest BCUT2D eigenvalue weighted by Gasteiger charge is 2.09. The number of aromatic nitrogens is 1. The molecule has 0 saturated heterocycles. The fourth-order valence-corrected chi connectivity index (χ4v) is 1.94. The van der Waals surface area contributed by atoms with Gasteiger partial charge in [0.25, 0.3) is 5.91 Å². The van der Waals surface area contributed by atoms with Crippen LogP contribution in [0.3, 0.4) is 0 Å². The molecule has 0 saturated carbocycles. The van der Waals surface area contributed by atoms with E-state index in [9.17, 15) is 4.79 Å². The van der Waals surface area contributed by atoms with Gasteiger partial charge in [-0.15, -0.1) is 0 Å². The monoisotopic (exact) mass is 276 g/mol. The molecule has 0 unspecified atom stereocenters. The van der Waals surface area contributed by atoms with E-state index in [-0.39, 0.29) is 5.91 Å². The number of hydrogen-bond acceptors (Lipinski definition) is 2. The van der Waals surface area contributed by atoms with Crippen molar-refractivity contribution in [3.63, 3.8) is 0 Å². The Morgan fingerprint density at radius 2 is 2.43 bits per heavy atom.